The van der Waals surface area contributed by atoms with Crippen LogP contribution >= 0.6 is 11.6 Å². The van der Waals surface area contributed by atoms with Crippen LogP contribution in [0.25, 0.3) is 22.2 Å². The van der Waals surface area contributed by atoms with Crippen molar-refractivity contribution >= 4 is 34.4 Å². The van der Waals surface area contributed by atoms with E-state index in [9.17, 15) is 22.4 Å². The summed E-state index contributed by atoms with van der Waals surface area (Å²) < 4.78 is 56.3. The summed E-state index contributed by atoms with van der Waals surface area (Å²) in [6, 6.07) is 11.6. The second-order valence-electron chi connectivity index (χ2n) is 8.93. The number of piperidine rings is 1. The van der Waals surface area contributed by atoms with E-state index < -0.39 is 17.8 Å². The summed E-state index contributed by atoms with van der Waals surface area (Å²) in [5.74, 6) is -1.67. The Morgan fingerprint density at radius 2 is 2.03 bits per heavy atom. The fourth-order valence-corrected chi connectivity index (χ4v) is 4.73. The molecular formula is C26H22ClF4N5O. The van der Waals surface area contributed by atoms with Crippen molar-refractivity contribution in [3.05, 3.63) is 77.0 Å². The first-order valence-corrected chi connectivity index (χ1v) is 12.1. The number of carbonyl (C=O) groups excluding carboxylic acids is 1. The number of rotatable bonds is 5. The number of hydrogen-bond acceptors (Lipinski definition) is 4. The molecule has 1 fully saturated rings. The van der Waals surface area contributed by atoms with Crippen molar-refractivity contribution in [1.29, 1.82) is 0 Å². The van der Waals surface area contributed by atoms with Gasteiger partial charge in [0.25, 0.3) is 0 Å². The number of benzene rings is 2. The Morgan fingerprint density at radius 1 is 1.19 bits per heavy atom. The highest BCUT2D eigenvalue weighted by Gasteiger charge is 2.37. The van der Waals surface area contributed by atoms with Gasteiger partial charge in [-0.25, -0.2) is 14.4 Å². The summed E-state index contributed by atoms with van der Waals surface area (Å²) in [5.41, 5.74) is 1.71. The molecule has 1 aliphatic heterocycles. The number of nitrogens with zero attached hydrogens (tertiary/aromatic N) is 3. The Morgan fingerprint density at radius 3 is 2.76 bits per heavy atom. The fourth-order valence-electron chi connectivity index (χ4n) is 4.52. The number of nitrogens with one attached hydrogen (secondary N) is 2. The highest BCUT2D eigenvalue weighted by atomic mass is 35.5. The normalized spacial score (nSPS) is 16.2. The van der Waals surface area contributed by atoms with Gasteiger partial charge < -0.3 is 15.2 Å². The number of anilines is 1. The van der Waals surface area contributed by atoms with E-state index in [1.54, 1.807) is 24.3 Å². The second-order valence-corrected chi connectivity index (χ2v) is 9.34. The zero-order valence-electron chi connectivity index (χ0n) is 19.4. The van der Waals surface area contributed by atoms with E-state index in [-0.39, 0.29) is 34.4 Å². The summed E-state index contributed by atoms with van der Waals surface area (Å²) in [4.78, 5) is 20.6. The minimum Gasteiger partial charge on any atom is -0.316 e. The molecule has 192 valence electrons. The smallest absolute Gasteiger partial charge is 0.316 e. The van der Waals surface area contributed by atoms with Crippen LogP contribution in [0.15, 0.2) is 54.7 Å². The van der Waals surface area contributed by atoms with Crippen LogP contribution in [0.2, 0.25) is 5.02 Å². The lowest BCUT2D eigenvalue weighted by Gasteiger charge is -2.21. The van der Waals surface area contributed by atoms with Crippen molar-refractivity contribution in [3.63, 3.8) is 0 Å². The zero-order valence-corrected chi connectivity index (χ0v) is 20.2. The molecule has 6 nitrogen and oxygen atoms in total. The third-order valence-electron chi connectivity index (χ3n) is 6.32. The molecule has 0 aliphatic carbocycles. The topological polar surface area (TPSA) is 71.8 Å². The van der Waals surface area contributed by atoms with Crippen molar-refractivity contribution in [2.24, 2.45) is 5.92 Å². The number of alkyl halides is 3. The van der Waals surface area contributed by atoms with E-state index in [0.717, 1.165) is 24.0 Å². The molecule has 37 heavy (non-hydrogen) atoms. The van der Waals surface area contributed by atoms with Crippen molar-refractivity contribution < 1.29 is 22.4 Å². The lowest BCUT2D eigenvalue weighted by atomic mass is 9.99. The van der Waals surface area contributed by atoms with Gasteiger partial charge in [0.15, 0.2) is 0 Å². The average Bonchev–Trinajstić information content (AvgIpc) is 3.24. The van der Waals surface area contributed by atoms with Gasteiger partial charge in [0.05, 0.1) is 22.0 Å². The predicted molar refractivity (Wildman–Crippen MR) is 133 cm³/mol. The van der Waals surface area contributed by atoms with E-state index in [1.165, 1.54) is 30.5 Å². The molecule has 1 atom stereocenters. The molecule has 4 aromatic rings. The molecule has 0 saturated carbocycles. The van der Waals surface area contributed by atoms with E-state index in [2.05, 4.69) is 20.6 Å². The highest BCUT2D eigenvalue weighted by molar-refractivity contribution is 6.33. The van der Waals surface area contributed by atoms with Gasteiger partial charge in [-0.1, -0.05) is 29.8 Å². The standard InChI is InChI=1S/C26H22ClF4N5O/c27-20-13-33-23(35-24(37)17-4-2-8-32-12-17)11-19(20)16-6-7-21-22(10-16)36(25(34-21)26(29,30)31)14-15-3-1-5-18(28)9-15/h1,3,5-7,9-11,13,17,32H,2,4,8,12,14H2,(H,33,35,37). The molecule has 0 radical (unpaired) electrons. The Labute approximate surface area is 214 Å². The third-order valence-corrected chi connectivity index (χ3v) is 6.62. The highest BCUT2D eigenvalue weighted by Crippen LogP contribution is 2.36. The van der Waals surface area contributed by atoms with Crippen LogP contribution in [-0.2, 0) is 17.5 Å². The molecule has 11 heteroatoms. The first kappa shape index (κ1) is 25.2. The number of halogens is 5. The molecular weight excluding hydrogens is 510 g/mol. The van der Waals surface area contributed by atoms with Gasteiger partial charge in [0.2, 0.25) is 11.7 Å². The van der Waals surface area contributed by atoms with E-state index in [4.69, 9.17) is 11.6 Å². The summed E-state index contributed by atoms with van der Waals surface area (Å²) in [6.45, 7) is 1.23. The Bertz CT molecular complexity index is 1460. The number of fused-ring (bicyclic) bond motifs is 1. The Balaban J connectivity index is 1.53. The van der Waals surface area contributed by atoms with Gasteiger partial charge in [-0.3, -0.25) is 4.79 Å². The van der Waals surface area contributed by atoms with Crippen molar-refractivity contribution in [1.82, 2.24) is 19.9 Å². The van der Waals surface area contributed by atoms with E-state index >= 15 is 0 Å². The van der Waals surface area contributed by atoms with Gasteiger partial charge in [-0.15, -0.1) is 0 Å². The summed E-state index contributed by atoms with van der Waals surface area (Å²) in [6.07, 6.45) is -1.65. The first-order valence-electron chi connectivity index (χ1n) is 11.7. The van der Waals surface area contributed by atoms with Crippen LogP contribution in [0.1, 0.15) is 24.2 Å². The SMILES string of the molecule is O=C(Nc1cc(-c2ccc3nc(C(F)(F)F)n(Cc4cccc(F)c4)c3c2)c(Cl)cn1)C1CCCNC1. The van der Waals surface area contributed by atoms with Crippen LogP contribution in [0.5, 0.6) is 0 Å². The minimum atomic E-state index is -4.72. The molecule has 3 heterocycles. The van der Waals surface area contributed by atoms with Gasteiger partial charge in [0, 0.05) is 24.8 Å². The number of aromatic nitrogens is 3. The third kappa shape index (κ3) is 5.45. The summed E-state index contributed by atoms with van der Waals surface area (Å²) in [7, 11) is 0. The maximum atomic E-state index is 13.9. The number of hydrogen-bond donors (Lipinski definition) is 2. The molecule has 0 spiro atoms. The largest absolute Gasteiger partial charge is 0.449 e. The van der Waals surface area contributed by atoms with Crippen LogP contribution in [0.3, 0.4) is 0 Å². The maximum Gasteiger partial charge on any atom is 0.449 e. The van der Waals surface area contributed by atoms with Crippen LogP contribution in [-0.4, -0.2) is 33.5 Å². The monoisotopic (exact) mass is 531 g/mol. The lowest BCUT2D eigenvalue weighted by molar-refractivity contribution is -0.146. The molecule has 2 N–H and O–H groups in total. The molecule has 1 saturated heterocycles. The molecule has 1 unspecified atom stereocenters. The lowest BCUT2D eigenvalue weighted by Crippen LogP contribution is -2.37. The Hall–Kier alpha value is -3.50. The molecule has 0 bridgehead atoms. The van der Waals surface area contributed by atoms with Gasteiger partial charge >= 0.3 is 6.18 Å². The predicted octanol–water partition coefficient (Wildman–Crippen LogP) is 5.90. The number of carbonyl (C=O) groups is 1. The van der Waals surface area contributed by atoms with Gasteiger partial charge in [0.1, 0.15) is 11.6 Å². The van der Waals surface area contributed by atoms with Crippen molar-refractivity contribution in [2.45, 2.75) is 25.6 Å². The van der Waals surface area contributed by atoms with Crippen LogP contribution < -0.4 is 10.6 Å². The molecule has 2 aromatic heterocycles. The van der Waals surface area contributed by atoms with Crippen LogP contribution in [0.4, 0.5) is 23.4 Å². The van der Waals surface area contributed by atoms with Gasteiger partial charge in [-0.05, 0) is 60.8 Å². The molecule has 5 rings (SSSR count). The number of amides is 1. The van der Waals surface area contributed by atoms with Crippen molar-refractivity contribution in [2.75, 3.05) is 18.4 Å². The quantitative estimate of drug-likeness (QED) is 0.315. The van der Waals surface area contributed by atoms with Crippen molar-refractivity contribution in [3.8, 4) is 11.1 Å². The van der Waals surface area contributed by atoms with E-state index in [1.807, 2.05) is 0 Å². The second kappa shape index (κ2) is 10.1. The molecule has 1 amide bonds. The first-order chi connectivity index (χ1) is 17.7. The number of imidazole rings is 1. The zero-order chi connectivity index (χ0) is 26.2. The van der Waals surface area contributed by atoms with Crippen LogP contribution in [0, 0.1) is 11.7 Å². The van der Waals surface area contributed by atoms with Gasteiger partial charge in [-0.2, -0.15) is 13.2 Å². The van der Waals surface area contributed by atoms with E-state index in [0.29, 0.717) is 29.1 Å². The molecule has 2 aromatic carbocycles. The average molecular weight is 532 g/mol. The maximum absolute atomic E-state index is 13.9. The fraction of sp³-hybridized carbons (Fsp3) is 0.269. The number of pyridine rings is 1. The Kier molecular flexibility index (Phi) is 6.87. The summed E-state index contributed by atoms with van der Waals surface area (Å²) in [5, 5.41) is 6.27. The molecule has 1 aliphatic rings. The summed E-state index contributed by atoms with van der Waals surface area (Å²) >= 11 is 6.40. The minimum absolute atomic E-state index is 0.135.